The molecule has 0 aromatic carbocycles. The predicted molar refractivity (Wildman–Crippen MR) is 61.9 cm³/mol. The minimum Gasteiger partial charge on any atom is -0.480 e. The van der Waals surface area contributed by atoms with Crippen LogP contribution in [0.3, 0.4) is 0 Å². The molecular formula is C11H20N2O4. The van der Waals surface area contributed by atoms with Crippen molar-refractivity contribution in [3.05, 3.63) is 0 Å². The third kappa shape index (κ3) is 4.22. The van der Waals surface area contributed by atoms with Crippen molar-refractivity contribution >= 4 is 12.0 Å². The van der Waals surface area contributed by atoms with Crippen molar-refractivity contribution in [1.82, 2.24) is 10.2 Å². The number of amides is 2. The lowest BCUT2D eigenvalue weighted by molar-refractivity contribution is -0.143. The first-order valence-electron chi connectivity index (χ1n) is 6.01. The molecule has 0 spiro atoms. The van der Waals surface area contributed by atoms with Crippen LogP contribution in [0, 0.1) is 0 Å². The van der Waals surface area contributed by atoms with Gasteiger partial charge in [-0.1, -0.05) is 0 Å². The van der Waals surface area contributed by atoms with E-state index in [1.165, 1.54) is 4.90 Å². The average Bonchev–Trinajstić information content (AvgIpc) is 2.34. The first kappa shape index (κ1) is 13.8. The second-order valence-corrected chi connectivity index (χ2v) is 3.97. The van der Waals surface area contributed by atoms with Gasteiger partial charge in [0.2, 0.25) is 0 Å². The van der Waals surface area contributed by atoms with Crippen LogP contribution in [0.25, 0.3) is 0 Å². The molecule has 1 saturated heterocycles. The molecule has 0 radical (unpaired) electrons. The van der Waals surface area contributed by atoms with E-state index < -0.39 is 12.0 Å². The highest BCUT2D eigenvalue weighted by atomic mass is 16.5. The summed E-state index contributed by atoms with van der Waals surface area (Å²) in [5.41, 5.74) is 0. The number of ether oxygens (including phenoxy) is 1. The molecule has 98 valence electrons. The van der Waals surface area contributed by atoms with E-state index in [0.717, 1.165) is 12.8 Å². The smallest absolute Gasteiger partial charge is 0.326 e. The Kier molecular flexibility index (Phi) is 5.76. The first-order valence-corrected chi connectivity index (χ1v) is 6.01. The molecule has 1 heterocycles. The first-order chi connectivity index (χ1) is 8.16. The minimum absolute atomic E-state index is 0.309. The molecule has 0 saturated carbocycles. The summed E-state index contributed by atoms with van der Waals surface area (Å²) >= 11 is 0. The van der Waals surface area contributed by atoms with Crippen molar-refractivity contribution < 1.29 is 19.4 Å². The zero-order valence-electron chi connectivity index (χ0n) is 10.1. The molecule has 2 N–H and O–H groups in total. The van der Waals surface area contributed by atoms with Gasteiger partial charge >= 0.3 is 12.0 Å². The van der Waals surface area contributed by atoms with Crippen molar-refractivity contribution in [3.63, 3.8) is 0 Å². The molecule has 1 atom stereocenters. The third-order valence-electron chi connectivity index (χ3n) is 2.78. The Labute approximate surface area is 101 Å². The number of carboxylic acid groups (broad SMARTS) is 1. The van der Waals surface area contributed by atoms with Crippen molar-refractivity contribution in [1.29, 1.82) is 0 Å². The van der Waals surface area contributed by atoms with Crippen molar-refractivity contribution in [3.8, 4) is 0 Å². The number of hydrogen-bond acceptors (Lipinski definition) is 3. The lowest BCUT2D eigenvalue weighted by atomic mass is 10.0. The van der Waals surface area contributed by atoms with Crippen LogP contribution in [0.5, 0.6) is 0 Å². The molecule has 1 fully saturated rings. The SMILES string of the molecule is CCOCCNC(=O)N1CCCCC1C(=O)O. The Morgan fingerprint density at radius 1 is 1.47 bits per heavy atom. The van der Waals surface area contributed by atoms with E-state index in [1.807, 2.05) is 6.92 Å². The van der Waals surface area contributed by atoms with Gasteiger partial charge in [-0.05, 0) is 26.2 Å². The normalized spacial score (nSPS) is 20.1. The second kappa shape index (κ2) is 7.11. The highest BCUT2D eigenvalue weighted by Gasteiger charge is 2.31. The lowest BCUT2D eigenvalue weighted by Gasteiger charge is -2.32. The summed E-state index contributed by atoms with van der Waals surface area (Å²) in [6.07, 6.45) is 2.26. The van der Waals surface area contributed by atoms with E-state index in [4.69, 9.17) is 9.84 Å². The molecule has 1 unspecified atom stereocenters. The lowest BCUT2D eigenvalue weighted by Crippen LogP contribution is -2.52. The van der Waals surface area contributed by atoms with Crippen LogP contribution in [0.15, 0.2) is 0 Å². The van der Waals surface area contributed by atoms with Gasteiger partial charge in [0, 0.05) is 19.7 Å². The van der Waals surface area contributed by atoms with Crippen LogP contribution in [-0.4, -0.2) is 54.4 Å². The number of nitrogens with one attached hydrogen (secondary N) is 1. The Morgan fingerprint density at radius 2 is 2.24 bits per heavy atom. The predicted octanol–water partition coefficient (Wildman–Crippen LogP) is 0.672. The van der Waals surface area contributed by atoms with Crippen LogP contribution in [0.1, 0.15) is 26.2 Å². The van der Waals surface area contributed by atoms with E-state index >= 15 is 0 Å². The molecular weight excluding hydrogens is 224 g/mol. The number of carbonyl (C=O) groups is 2. The molecule has 2 amide bonds. The largest absolute Gasteiger partial charge is 0.480 e. The van der Waals surface area contributed by atoms with Crippen LogP contribution < -0.4 is 5.32 Å². The van der Waals surface area contributed by atoms with Gasteiger partial charge in [-0.3, -0.25) is 0 Å². The number of carboxylic acids is 1. The maximum Gasteiger partial charge on any atom is 0.326 e. The highest BCUT2D eigenvalue weighted by Crippen LogP contribution is 2.16. The zero-order chi connectivity index (χ0) is 12.7. The number of urea groups is 1. The fraction of sp³-hybridized carbons (Fsp3) is 0.818. The van der Waals surface area contributed by atoms with Crippen molar-refractivity contribution in [2.75, 3.05) is 26.3 Å². The molecule has 17 heavy (non-hydrogen) atoms. The highest BCUT2D eigenvalue weighted by molar-refractivity contribution is 5.82. The van der Waals surface area contributed by atoms with Crippen molar-refractivity contribution in [2.24, 2.45) is 0 Å². The van der Waals surface area contributed by atoms with Crippen LogP contribution in [0.4, 0.5) is 4.79 Å². The summed E-state index contributed by atoms with van der Waals surface area (Å²) in [5, 5.41) is 11.7. The van der Waals surface area contributed by atoms with Gasteiger partial charge in [0.05, 0.1) is 6.61 Å². The zero-order valence-corrected chi connectivity index (χ0v) is 10.1. The topological polar surface area (TPSA) is 78.9 Å². The molecule has 0 aromatic rings. The van der Waals surface area contributed by atoms with E-state index in [9.17, 15) is 9.59 Å². The Bertz CT molecular complexity index is 270. The number of carbonyl (C=O) groups excluding carboxylic acids is 1. The molecule has 1 aliphatic rings. The average molecular weight is 244 g/mol. The summed E-state index contributed by atoms with van der Waals surface area (Å²) in [5.74, 6) is -0.926. The molecule has 1 aliphatic heterocycles. The molecule has 1 rings (SSSR count). The van der Waals surface area contributed by atoms with Gasteiger partial charge < -0.3 is 20.1 Å². The number of piperidine rings is 1. The molecule has 0 aliphatic carbocycles. The van der Waals surface area contributed by atoms with Gasteiger partial charge in [-0.2, -0.15) is 0 Å². The number of nitrogens with zero attached hydrogens (tertiary/aromatic N) is 1. The summed E-state index contributed by atoms with van der Waals surface area (Å²) in [6, 6.07) is -0.993. The third-order valence-corrected chi connectivity index (χ3v) is 2.78. The van der Waals surface area contributed by atoms with E-state index in [2.05, 4.69) is 5.32 Å². The van der Waals surface area contributed by atoms with Crippen LogP contribution in [0.2, 0.25) is 0 Å². The summed E-state index contributed by atoms with van der Waals surface area (Å²) in [4.78, 5) is 24.2. The molecule has 6 nitrogen and oxygen atoms in total. The number of rotatable bonds is 5. The summed E-state index contributed by atoms with van der Waals surface area (Å²) in [7, 11) is 0. The Hall–Kier alpha value is -1.30. The van der Waals surface area contributed by atoms with Crippen LogP contribution in [-0.2, 0) is 9.53 Å². The fourth-order valence-electron chi connectivity index (χ4n) is 1.91. The number of hydrogen-bond donors (Lipinski definition) is 2. The van der Waals surface area contributed by atoms with Gasteiger partial charge in [-0.15, -0.1) is 0 Å². The summed E-state index contributed by atoms with van der Waals surface area (Å²) in [6.45, 7) is 3.87. The quantitative estimate of drug-likeness (QED) is 0.697. The number of likely N-dealkylation sites (tertiary alicyclic amines) is 1. The monoisotopic (exact) mass is 244 g/mol. The Morgan fingerprint density at radius 3 is 2.88 bits per heavy atom. The molecule has 6 heteroatoms. The van der Waals surface area contributed by atoms with Crippen LogP contribution >= 0.6 is 0 Å². The maximum atomic E-state index is 11.8. The second-order valence-electron chi connectivity index (χ2n) is 3.97. The maximum absolute atomic E-state index is 11.8. The standard InChI is InChI=1S/C11H20N2O4/c1-2-17-8-6-12-11(16)13-7-4-3-5-9(13)10(14)15/h9H,2-8H2,1H3,(H,12,16)(H,14,15). The van der Waals surface area contributed by atoms with E-state index in [-0.39, 0.29) is 6.03 Å². The molecule has 0 bridgehead atoms. The van der Waals surface area contributed by atoms with E-state index in [0.29, 0.717) is 32.7 Å². The minimum atomic E-state index is -0.926. The summed E-state index contributed by atoms with van der Waals surface area (Å²) < 4.78 is 5.10. The van der Waals surface area contributed by atoms with Gasteiger partial charge in [0.1, 0.15) is 6.04 Å². The fourth-order valence-corrected chi connectivity index (χ4v) is 1.91. The Balaban J connectivity index is 2.39. The van der Waals surface area contributed by atoms with Gasteiger partial charge in [-0.25, -0.2) is 9.59 Å². The number of aliphatic carboxylic acids is 1. The molecule has 0 aromatic heterocycles. The van der Waals surface area contributed by atoms with E-state index in [1.54, 1.807) is 0 Å². The van der Waals surface area contributed by atoms with Gasteiger partial charge in [0.15, 0.2) is 0 Å². The van der Waals surface area contributed by atoms with Crippen molar-refractivity contribution in [2.45, 2.75) is 32.2 Å². The van der Waals surface area contributed by atoms with Gasteiger partial charge in [0.25, 0.3) is 0 Å².